The highest BCUT2D eigenvalue weighted by Crippen LogP contribution is 2.21. The van der Waals surface area contributed by atoms with E-state index in [1.54, 1.807) is 19.4 Å². The monoisotopic (exact) mass is 883 g/mol. The van der Waals surface area contributed by atoms with E-state index in [0.717, 1.165) is 0 Å². The van der Waals surface area contributed by atoms with Crippen LogP contribution in [-0.2, 0) is 19.3 Å². The highest BCUT2D eigenvalue weighted by molar-refractivity contribution is 14.1. The Balaban J connectivity index is 0.000000387. The molecular formula is C33H38IN7O10S2. The molecule has 0 saturated heterocycles. The largest absolute Gasteiger partial charge is 0.413 e. The summed E-state index contributed by atoms with van der Waals surface area (Å²) in [6.45, 7) is 12.4. The summed E-state index contributed by atoms with van der Waals surface area (Å²) in [5.74, 6) is 0. The molecule has 0 aromatic carbocycles. The van der Waals surface area contributed by atoms with E-state index in [-0.39, 0.29) is 67.2 Å². The summed E-state index contributed by atoms with van der Waals surface area (Å²) in [5, 5.41) is 1.65. The molecule has 0 aliphatic carbocycles. The number of halogens is 1. The number of aromatic amines is 4. The van der Waals surface area contributed by atoms with Crippen molar-refractivity contribution in [3.05, 3.63) is 111 Å². The fraction of sp³-hybridized carbons (Fsp3) is 0.333. The molecule has 6 aromatic heterocycles. The number of aromatic nitrogens is 6. The highest BCUT2D eigenvalue weighted by atomic mass is 127. The first-order chi connectivity index (χ1) is 23.8. The van der Waals surface area contributed by atoms with Crippen LogP contribution in [0.25, 0.3) is 38.1 Å². The Morgan fingerprint density at radius 1 is 0.698 bits per heavy atom. The number of H-pyrrole nitrogens is 4. The van der Waals surface area contributed by atoms with Gasteiger partial charge in [-0.2, -0.15) is 9.97 Å². The van der Waals surface area contributed by atoms with Crippen molar-refractivity contribution in [2.24, 2.45) is 0 Å². The van der Waals surface area contributed by atoms with Crippen molar-refractivity contribution in [3.8, 4) is 0 Å². The summed E-state index contributed by atoms with van der Waals surface area (Å²) < 4.78 is 15.2. The maximum Gasteiger partial charge on any atom is 0.351 e. The molecule has 4 N–H and O–H groups in total. The van der Waals surface area contributed by atoms with Crippen molar-refractivity contribution in [2.75, 3.05) is 12.5 Å². The molecule has 6 aromatic rings. The molecule has 0 bridgehead atoms. The molecule has 0 fully saturated rings. The zero-order chi connectivity index (χ0) is 36.9. The summed E-state index contributed by atoms with van der Waals surface area (Å²) in [6.07, 6.45) is 5.06. The van der Waals surface area contributed by atoms with Gasteiger partial charge in [0.1, 0.15) is 14.3 Å². The molecule has 0 spiro atoms. The third-order valence-electron chi connectivity index (χ3n) is 6.95. The van der Waals surface area contributed by atoms with Crippen molar-refractivity contribution >= 4 is 85.1 Å². The maximum absolute atomic E-state index is 11.9. The van der Waals surface area contributed by atoms with Gasteiger partial charge in [0.05, 0.1) is 12.0 Å². The third kappa shape index (κ3) is 9.71. The average molecular weight is 884 g/mol. The van der Waals surface area contributed by atoms with Crippen LogP contribution in [0.3, 0.4) is 0 Å². The minimum absolute atomic E-state index is 0. The summed E-state index contributed by atoms with van der Waals surface area (Å²) in [4.78, 5) is 101. The summed E-state index contributed by atoms with van der Waals surface area (Å²) in [5.41, 5.74) is -2.32. The molecule has 17 nitrogen and oxygen atoms in total. The Kier molecular flexibility index (Phi) is 17.1. The second kappa shape index (κ2) is 19.7. The lowest BCUT2D eigenvalue weighted by Gasteiger charge is -2.04. The minimum atomic E-state index is -0.856. The smallest absolute Gasteiger partial charge is 0.351 e. The van der Waals surface area contributed by atoms with E-state index in [2.05, 4.69) is 29.8 Å². The average Bonchev–Trinajstić information content (AvgIpc) is 3.07. The molecule has 53 heavy (non-hydrogen) atoms. The molecule has 6 rings (SSSR count). The van der Waals surface area contributed by atoms with Gasteiger partial charge >= 0.3 is 22.6 Å². The standard InChI is InChI=1S/C10H9IN2O3S.C10H7N3O4.C10H10N2O3S.3CH4/c1-3-4-5-7(14)12-10(17-2)13-8(5)16-9(15)6(4)11;1-3-4-5-7(14)12-10(16)13-8(5)17-9(15)6(4)11-2;1-3-5-4-6(13)15-9-7(5)8(14)11-10(12-9)16-2;;;/h3H2,1-2H3,(H,12,13,14);3H2,1H3,(H2,12,13,14,16);4H,3H2,1-2H3,(H,11,12,14);3*1H4. The van der Waals surface area contributed by atoms with E-state index >= 15 is 0 Å². The fourth-order valence-electron chi connectivity index (χ4n) is 4.73. The summed E-state index contributed by atoms with van der Waals surface area (Å²) in [6, 6.07) is 1.33. The van der Waals surface area contributed by atoms with Crippen LogP contribution in [-0.4, -0.2) is 42.4 Å². The summed E-state index contributed by atoms with van der Waals surface area (Å²) >= 11 is 4.47. The lowest BCUT2D eigenvalue weighted by atomic mass is 10.1. The van der Waals surface area contributed by atoms with Gasteiger partial charge in [-0.05, 0) is 71.1 Å². The van der Waals surface area contributed by atoms with Crippen molar-refractivity contribution in [1.29, 1.82) is 0 Å². The van der Waals surface area contributed by atoms with Crippen LogP contribution < -0.4 is 39.2 Å². The molecule has 284 valence electrons. The maximum atomic E-state index is 11.9. The number of fused-ring (bicyclic) bond motifs is 3. The lowest BCUT2D eigenvalue weighted by molar-refractivity contribution is 0.536. The van der Waals surface area contributed by atoms with Gasteiger partial charge in [0.2, 0.25) is 17.1 Å². The predicted octanol–water partition coefficient (Wildman–Crippen LogP) is 5.12. The van der Waals surface area contributed by atoms with E-state index in [1.807, 2.05) is 41.4 Å². The van der Waals surface area contributed by atoms with Crippen LogP contribution >= 0.6 is 46.1 Å². The molecule has 0 aliphatic heterocycles. The van der Waals surface area contributed by atoms with Crippen LogP contribution in [0.15, 0.2) is 63.2 Å². The van der Waals surface area contributed by atoms with E-state index in [4.69, 9.17) is 19.8 Å². The molecule has 0 unspecified atom stereocenters. The van der Waals surface area contributed by atoms with Crippen LogP contribution in [0.5, 0.6) is 0 Å². The first-order valence-corrected chi connectivity index (χ1v) is 17.9. The number of aryl methyl sites for hydroxylation is 3. The van der Waals surface area contributed by atoms with Crippen molar-refractivity contribution in [1.82, 2.24) is 29.9 Å². The van der Waals surface area contributed by atoms with Gasteiger partial charge in [-0.1, -0.05) is 66.6 Å². The second-order valence-electron chi connectivity index (χ2n) is 9.78. The number of hydrogen-bond acceptors (Lipinski definition) is 14. The molecular weight excluding hydrogens is 845 g/mol. The molecule has 6 heterocycles. The Morgan fingerprint density at radius 3 is 1.74 bits per heavy atom. The molecule has 0 aliphatic rings. The Hall–Kier alpha value is -5.01. The molecule has 0 radical (unpaired) electrons. The number of rotatable bonds is 5. The van der Waals surface area contributed by atoms with Crippen LogP contribution in [0.4, 0.5) is 5.69 Å². The topological polar surface area (TPSA) is 252 Å². The van der Waals surface area contributed by atoms with E-state index in [1.165, 1.54) is 29.6 Å². The van der Waals surface area contributed by atoms with Crippen molar-refractivity contribution in [3.63, 3.8) is 0 Å². The zero-order valence-corrected chi connectivity index (χ0v) is 30.6. The van der Waals surface area contributed by atoms with Gasteiger partial charge < -0.3 is 23.2 Å². The SMILES string of the molecule is C.C.C.CCc1c(I)c(=O)oc2nc(SC)[nH]c(=O)c12.CCc1cc(=O)oc2nc(SC)[nH]c(=O)c12.[C-]#[N+]c1c(CC)c2c(=O)[nH]c(=O)[nH]c2oc1=O. The van der Waals surface area contributed by atoms with Gasteiger partial charge in [0, 0.05) is 6.07 Å². The van der Waals surface area contributed by atoms with Crippen molar-refractivity contribution in [2.45, 2.75) is 72.6 Å². The van der Waals surface area contributed by atoms with Gasteiger partial charge in [0.25, 0.3) is 22.4 Å². The van der Waals surface area contributed by atoms with Gasteiger partial charge in [-0.15, -0.1) is 0 Å². The van der Waals surface area contributed by atoms with Crippen LogP contribution in [0.1, 0.15) is 59.7 Å². The quantitative estimate of drug-likeness (QED) is 0.0760. The van der Waals surface area contributed by atoms with Gasteiger partial charge in [0.15, 0.2) is 10.3 Å². The Labute approximate surface area is 322 Å². The summed E-state index contributed by atoms with van der Waals surface area (Å²) in [7, 11) is 0. The predicted molar refractivity (Wildman–Crippen MR) is 216 cm³/mol. The van der Waals surface area contributed by atoms with E-state index < -0.39 is 28.1 Å². The highest BCUT2D eigenvalue weighted by Gasteiger charge is 2.18. The Morgan fingerprint density at radius 2 is 1.23 bits per heavy atom. The van der Waals surface area contributed by atoms with Gasteiger partial charge in [-0.3, -0.25) is 29.1 Å². The van der Waals surface area contributed by atoms with Crippen LogP contribution in [0, 0.1) is 10.1 Å². The normalized spacial score (nSPS) is 10.1. The minimum Gasteiger partial charge on any atom is -0.413 e. The second-order valence-corrected chi connectivity index (χ2v) is 12.5. The van der Waals surface area contributed by atoms with Crippen molar-refractivity contribution < 1.29 is 13.3 Å². The number of nitrogens with one attached hydrogen (secondary N) is 4. The lowest BCUT2D eigenvalue weighted by Crippen LogP contribution is -2.24. The molecule has 0 atom stereocenters. The first-order valence-electron chi connectivity index (χ1n) is 14.4. The molecule has 0 saturated carbocycles. The van der Waals surface area contributed by atoms with Gasteiger partial charge in [-0.25, -0.2) is 19.2 Å². The zero-order valence-electron chi connectivity index (χ0n) is 26.8. The number of thioether (sulfide) groups is 2. The number of nitrogens with zero attached hydrogens (tertiary/aromatic N) is 3. The van der Waals surface area contributed by atoms with Crippen LogP contribution in [0.2, 0.25) is 0 Å². The molecule has 0 amide bonds. The Bertz CT molecular complexity index is 2740. The third-order valence-corrected chi connectivity index (χ3v) is 9.20. The first kappa shape index (κ1) is 46.0. The number of hydrogen-bond donors (Lipinski definition) is 4. The van der Waals surface area contributed by atoms with E-state index in [0.29, 0.717) is 55.0 Å². The van der Waals surface area contributed by atoms with E-state index in [9.17, 15) is 33.6 Å². The molecule has 20 heteroatoms. The fourth-order valence-corrected chi connectivity index (χ4v) is 6.23.